The minimum absolute atomic E-state index is 0.656. The van der Waals surface area contributed by atoms with Crippen molar-refractivity contribution in [2.75, 3.05) is 40.5 Å². The second-order valence-electron chi connectivity index (χ2n) is 6.87. The Morgan fingerprint density at radius 1 is 1.03 bits per heavy atom. The van der Waals surface area contributed by atoms with E-state index in [0.717, 1.165) is 43.4 Å². The second kappa shape index (κ2) is 8.77. The third-order valence-electron chi connectivity index (χ3n) is 5.07. The first-order valence-corrected chi connectivity index (χ1v) is 10.0. The van der Waals surface area contributed by atoms with Crippen LogP contribution in [0.2, 0.25) is 0 Å². The highest BCUT2D eigenvalue weighted by molar-refractivity contribution is 7.71. The van der Waals surface area contributed by atoms with Gasteiger partial charge in [-0.3, -0.25) is 4.57 Å². The molecule has 1 aromatic heterocycles. The SMILES string of the molecule is COc1ccc(-c2nn(C[NH+]3CCOCC3)c(=S)n2-c2ccccc2)cc1OC. The highest BCUT2D eigenvalue weighted by Crippen LogP contribution is 2.32. The first-order chi connectivity index (χ1) is 14.2. The van der Waals surface area contributed by atoms with E-state index in [2.05, 4.69) is 0 Å². The molecule has 0 atom stereocenters. The zero-order valence-electron chi connectivity index (χ0n) is 16.6. The maximum Gasteiger partial charge on any atom is 0.207 e. The molecule has 0 saturated carbocycles. The number of benzene rings is 2. The van der Waals surface area contributed by atoms with Crippen molar-refractivity contribution in [1.82, 2.24) is 14.3 Å². The van der Waals surface area contributed by atoms with Crippen LogP contribution in [0.1, 0.15) is 0 Å². The number of nitrogens with one attached hydrogen (secondary N) is 1. The summed E-state index contributed by atoms with van der Waals surface area (Å²) >= 11 is 5.84. The van der Waals surface area contributed by atoms with Gasteiger partial charge in [0, 0.05) is 11.3 Å². The number of para-hydroxylation sites is 1. The number of rotatable bonds is 6. The van der Waals surface area contributed by atoms with E-state index in [9.17, 15) is 0 Å². The van der Waals surface area contributed by atoms with Gasteiger partial charge < -0.3 is 19.1 Å². The first-order valence-electron chi connectivity index (χ1n) is 9.60. The number of hydrogen-bond acceptors (Lipinski definition) is 5. The normalized spacial score (nSPS) is 14.7. The molecule has 8 heteroatoms. The average Bonchev–Trinajstić information content (AvgIpc) is 3.10. The number of methoxy groups -OCH3 is 2. The summed E-state index contributed by atoms with van der Waals surface area (Å²) in [6, 6.07) is 15.9. The predicted molar refractivity (Wildman–Crippen MR) is 112 cm³/mol. The Labute approximate surface area is 175 Å². The van der Waals surface area contributed by atoms with Crippen molar-refractivity contribution in [1.29, 1.82) is 0 Å². The van der Waals surface area contributed by atoms with Crippen LogP contribution < -0.4 is 14.4 Å². The molecule has 1 aliphatic heterocycles. The molecule has 4 rings (SSSR count). The first kappa shape index (κ1) is 19.6. The van der Waals surface area contributed by atoms with Gasteiger partial charge >= 0.3 is 0 Å². The van der Waals surface area contributed by atoms with Crippen molar-refractivity contribution in [3.8, 4) is 28.6 Å². The Kier molecular flexibility index (Phi) is 5.94. The fourth-order valence-electron chi connectivity index (χ4n) is 3.51. The monoisotopic (exact) mass is 413 g/mol. The molecule has 7 nitrogen and oxygen atoms in total. The van der Waals surface area contributed by atoms with E-state index < -0.39 is 0 Å². The summed E-state index contributed by atoms with van der Waals surface area (Å²) in [7, 11) is 3.26. The summed E-state index contributed by atoms with van der Waals surface area (Å²) in [4.78, 5) is 1.41. The number of morpholine rings is 1. The van der Waals surface area contributed by atoms with Crippen LogP contribution in [0.5, 0.6) is 11.5 Å². The molecule has 1 N–H and O–H groups in total. The fourth-order valence-corrected chi connectivity index (χ4v) is 3.81. The van der Waals surface area contributed by atoms with Crippen LogP contribution in [-0.4, -0.2) is 54.9 Å². The number of quaternary nitrogens is 1. The van der Waals surface area contributed by atoms with Crippen molar-refractivity contribution in [3.05, 3.63) is 53.3 Å². The zero-order valence-corrected chi connectivity index (χ0v) is 17.4. The Morgan fingerprint density at radius 2 is 1.76 bits per heavy atom. The van der Waals surface area contributed by atoms with Crippen molar-refractivity contribution >= 4 is 12.2 Å². The lowest BCUT2D eigenvalue weighted by Gasteiger charge is -2.23. The molecule has 0 bridgehead atoms. The zero-order chi connectivity index (χ0) is 20.2. The van der Waals surface area contributed by atoms with Gasteiger partial charge in [-0.05, 0) is 42.5 Å². The van der Waals surface area contributed by atoms with E-state index in [1.807, 2.05) is 57.8 Å². The van der Waals surface area contributed by atoms with Gasteiger partial charge in [0.15, 0.2) is 24.0 Å². The molecule has 29 heavy (non-hydrogen) atoms. The van der Waals surface area contributed by atoms with Gasteiger partial charge in [-0.15, -0.1) is 5.10 Å². The minimum Gasteiger partial charge on any atom is -0.493 e. The molecule has 0 radical (unpaired) electrons. The molecule has 2 heterocycles. The highest BCUT2D eigenvalue weighted by Gasteiger charge is 2.20. The van der Waals surface area contributed by atoms with Crippen molar-refractivity contribution in [2.24, 2.45) is 0 Å². The van der Waals surface area contributed by atoms with Gasteiger partial charge in [-0.2, -0.15) is 4.68 Å². The molecule has 0 amide bonds. The number of nitrogens with zero attached hydrogens (tertiary/aromatic N) is 3. The molecule has 0 aliphatic carbocycles. The average molecular weight is 414 g/mol. The summed E-state index contributed by atoms with van der Waals surface area (Å²) in [5.74, 6) is 2.11. The summed E-state index contributed by atoms with van der Waals surface area (Å²) in [5, 5.41) is 4.90. The van der Waals surface area contributed by atoms with Gasteiger partial charge in [0.05, 0.1) is 27.4 Å². The Balaban J connectivity index is 1.81. The van der Waals surface area contributed by atoms with Gasteiger partial charge in [-0.1, -0.05) is 18.2 Å². The minimum atomic E-state index is 0.656. The predicted octanol–water partition coefficient (Wildman–Crippen LogP) is 1.96. The van der Waals surface area contributed by atoms with Gasteiger partial charge in [0.1, 0.15) is 13.1 Å². The summed E-state index contributed by atoms with van der Waals surface area (Å²) in [6.45, 7) is 4.15. The van der Waals surface area contributed by atoms with E-state index in [-0.39, 0.29) is 0 Å². The molecule has 0 unspecified atom stereocenters. The summed E-state index contributed by atoms with van der Waals surface area (Å²) < 4.78 is 20.9. The van der Waals surface area contributed by atoms with Crippen LogP contribution in [0.3, 0.4) is 0 Å². The molecule has 152 valence electrons. The number of hydrogen-bond donors (Lipinski definition) is 1. The van der Waals surface area contributed by atoms with E-state index in [1.165, 1.54) is 4.90 Å². The third-order valence-corrected chi connectivity index (χ3v) is 5.46. The van der Waals surface area contributed by atoms with Crippen LogP contribution in [0.4, 0.5) is 0 Å². The van der Waals surface area contributed by atoms with Crippen LogP contribution in [-0.2, 0) is 11.4 Å². The molecule has 0 spiro atoms. The molecule has 1 fully saturated rings. The maximum atomic E-state index is 5.84. The second-order valence-corrected chi connectivity index (χ2v) is 7.23. The smallest absolute Gasteiger partial charge is 0.207 e. The topological polar surface area (TPSA) is 54.9 Å². The fraction of sp³-hybridized carbons (Fsp3) is 0.333. The molecular weight excluding hydrogens is 388 g/mol. The Morgan fingerprint density at radius 3 is 2.45 bits per heavy atom. The Bertz CT molecular complexity index is 1030. The van der Waals surface area contributed by atoms with Crippen molar-refractivity contribution < 1.29 is 19.1 Å². The largest absolute Gasteiger partial charge is 0.493 e. The van der Waals surface area contributed by atoms with Crippen LogP contribution in [0.25, 0.3) is 17.1 Å². The van der Waals surface area contributed by atoms with Crippen LogP contribution >= 0.6 is 12.2 Å². The van der Waals surface area contributed by atoms with Gasteiger partial charge in [0.2, 0.25) is 4.77 Å². The molecule has 1 aliphatic rings. The molecule has 2 aromatic carbocycles. The highest BCUT2D eigenvalue weighted by atomic mass is 32.1. The van der Waals surface area contributed by atoms with Crippen molar-refractivity contribution in [3.63, 3.8) is 0 Å². The molecule has 1 saturated heterocycles. The van der Waals surface area contributed by atoms with E-state index >= 15 is 0 Å². The standard InChI is InChI=1S/C21H24N4O3S/c1-26-18-9-8-16(14-19(18)27-2)20-22-24(15-23-10-12-28-13-11-23)21(29)25(20)17-6-4-3-5-7-17/h3-9,14H,10-13,15H2,1-2H3/p+1. The van der Waals surface area contributed by atoms with E-state index in [0.29, 0.717) is 22.9 Å². The quantitative estimate of drug-likeness (QED) is 0.626. The van der Waals surface area contributed by atoms with Gasteiger partial charge in [0.25, 0.3) is 0 Å². The summed E-state index contributed by atoms with van der Waals surface area (Å²) in [6.07, 6.45) is 0. The maximum absolute atomic E-state index is 5.84. The van der Waals surface area contributed by atoms with E-state index in [1.54, 1.807) is 14.2 Å². The lowest BCUT2D eigenvalue weighted by atomic mass is 10.2. The van der Waals surface area contributed by atoms with Crippen LogP contribution in [0, 0.1) is 4.77 Å². The number of aromatic nitrogens is 3. The number of ether oxygens (including phenoxy) is 3. The van der Waals surface area contributed by atoms with E-state index in [4.69, 9.17) is 31.5 Å². The van der Waals surface area contributed by atoms with Gasteiger partial charge in [-0.25, -0.2) is 0 Å². The third kappa shape index (κ3) is 4.05. The molecular formula is C21H25N4O3S+. The molecule has 3 aromatic rings. The lowest BCUT2D eigenvalue weighted by Crippen LogP contribution is -3.13. The summed E-state index contributed by atoms with van der Waals surface area (Å²) in [5.41, 5.74) is 1.89. The van der Waals surface area contributed by atoms with Crippen molar-refractivity contribution in [2.45, 2.75) is 6.67 Å². The van der Waals surface area contributed by atoms with Crippen LogP contribution in [0.15, 0.2) is 48.5 Å². The lowest BCUT2D eigenvalue weighted by molar-refractivity contribution is -0.930. The Hall–Kier alpha value is -2.68.